The fourth-order valence-electron chi connectivity index (χ4n) is 1.20. The zero-order chi connectivity index (χ0) is 13.1. The van der Waals surface area contributed by atoms with Crippen LogP contribution in [0.25, 0.3) is 0 Å². The maximum Gasteiger partial charge on any atom is 0.232 e. The fourth-order valence-corrected chi connectivity index (χ4v) is 2.30. The van der Waals surface area contributed by atoms with Crippen molar-refractivity contribution in [1.29, 1.82) is 0 Å². The molecule has 0 bridgehead atoms. The molecule has 96 valence electrons. The molecule has 2 N–H and O–H groups in total. The fraction of sp³-hybridized carbons (Fsp3) is 0.400. The first kappa shape index (κ1) is 13.9. The monoisotopic (exact) mass is 265 g/mol. The quantitative estimate of drug-likeness (QED) is 0.845. The molecule has 0 atom stereocenters. The number of hydrogen-bond acceptors (Lipinski definition) is 3. The summed E-state index contributed by atoms with van der Waals surface area (Å²) in [4.78, 5) is 0. The van der Waals surface area contributed by atoms with E-state index in [1.807, 2.05) is 4.72 Å². The number of rotatable bonds is 5. The van der Waals surface area contributed by atoms with E-state index in [0.717, 1.165) is 12.1 Å². The number of aliphatic hydroxyl groups excluding tert-OH is 1. The molecule has 1 aromatic carbocycles. The number of nitrogens with one attached hydrogen (secondary N) is 1. The first-order valence-electron chi connectivity index (χ1n) is 4.93. The van der Waals surface area contributed by atoms with E-state index in [-0.39, 0.29) is 24.3 Å². The van der Waals surface area contributed by atoms with E-state index in [1.165, 1.54) is 6.92 Å². The predicted octanol–water partition coefficient (Wildman–Crippen LogP) is 1.40. The summed E-state index contributed by atoms with van der Waals surface area (Å²) in [6.07, 6.45) is 0.0330. The summed E-state index contributed by atoms with van der Waals surface area (Å²) in [6, 6.07) is 1.71. The molecule has 0 heterocycles. The smallest absolute Gasteiger partial charge is 0.232 e. The lowest BCUT2D eigenvalue weighted by Gasteiger charge is -2.09. The van der Waals surface area contributed by atoms with Crippen molar-refractivity contribution < 1.29 is 22.3 Å². The van der Waals surface area contributed by atoms with Gasteiger partial charge in [-0.15, -0.1) is 0 Å². The summed E-state index contributed by atoms with van der Waals surface area (Å²) < 4.78 is 51.2. The van der Waals surface area contributed by atoms with E-state index in [0.29, 0.717) is 0 Å². The van der Waals surface area contributed by atoms with E-state index in [4.69, 9.17) is 5.11 Å². The number of halogens is 2. The van der Waals surface area contributed by atoms with Gasteiger partial charge < -0.3 is 5.11 Å². The van der Waals surface area contributed by atoms with Crippen molar-refractivity contribution in [3.05, 3.63) is 29.3 Å². The summed E-state index contributed by atoms with van der Waals surface area (Å²) in [5.41, 5.74) is -0.327. The summed E-state index contributed by atoms with van der Waals surface area (Å²) >= 11 is 0. The van der Waals surface area contributed by atoms with Gasteiger partial charge in [0, 0.05) is 12.7 Å². The molecule has 0 aliphatic carbocycles. The third-order valence-corrected chi connectivity index (χ3v) is 3.44. The van der Waals surface area contributed by atoms with Gasteiger partial charge in [0.15, 0.2) is 0 Å². The van der Waals surface area contributed by atoms with Crippen LogP contribution in [0.5, 0.6) is 0 Å². The van der Waals surface area contributed by atoms with Crippen LogP contribution in [-0.4, -0.2) is 25.9 Å². The molecule has 0 fully saturated rings. The molecule has 0 aliphatic rings. The highest BCUT2D eigenvalue weighted by atomic mass is 32.2. The minimum Gasteiger partial charge on any atom is -0.396 e. The van der Waals surface area contributed by atoms with Gasteiger partial charge >= 0.3 is 0 Å². The van der Waals surface area contributed by atoms with Gasteiger partial charge in [-0.2, -0.15) is 0 Å². The molecule has 7 heteroatoms. The standard InChI is InChI=1S/C10H13F2NO3S/c1-7-5-9(12)10(6-8(7)11)13-17(15,16)4-2-3-14/h5-6,13-14H,2-4H2,1H3. The number of aliphatic hydroxyl groups is 1. The van der Waals surface area contributed by atoms with E-state index >= 15 is 0 Å². The lowest BCUT2D eigenvalue weighted by atomic mass is 10.2. The van der Waals surface area contributed by atoms with E-state index < -0.39 is 27.3 Å². The number of aryl methyl sites for hydroxylation is 1. The van der Waals surface area contributed by atoms with Crippen molar-refractivity contribution in [2.24, 2.45) is 0 Å². The molecule has 0 radical (unpaired) electrons. The first-order chi connectivity index (χ1) is 7.85. The Hall–Kier alpha value is -1.21. The number of sulfonamides is 1. The molecule has 0 saturated carbocycles. The average molecular weight is 265 g/mol. The van der Waals surface area contributed by atoms with Crippen molar-refractivity contribution in [3.8, 4) is 0 Å². The van der Waals surface area contributed by atoms with Crippen LogP contribution in [0.4, 0.5) is 14.5 Å². The topological polar surface area (TPSA) is 66.4 Å². The van der Waals surface area contributed by atoms with Crippen molar-refractivity contribution in [2.45, 2.75) is 13.3 Å². The Bertz CT molecular complexity index is 503. The predicted molar refractivity (Wildman–Crippen MR) is 60.2 cm³/mol. The summed E-state index contributed by atoms with van der Waals surface area (Å²) in [5.74, 6) is -1.87. The minimum atomic E-state index is -3.77. The van der Waals surface area contributed by atoms with Crippen LogP contribution < -0.4 is 4.72 Å². The van der Waals surface area contributed by atoms with Crippen molar-refractivity contribution in [2.75, 3.05) is 17.1 Å². The summed E-state index contributed by atoms with van der Waals surface area (Å²) in [6.45, 7) is 1.09. The SMILES string of the molecule is Cc1cc(F)c(NS(=O)(=O)CCCO)cc1F. The molecular formula is C10H13F2NO3S. The lowest BCUT2D eigenvalue weighted by Crippen LogP contribution is -2.18. The van der Waals surface area contributed by atoms with Crippen molar-refractivity contribution in [1.82, 2.24) is 0 Å². The molecule has 1 aromatic rings. The maximum atomic E-state index is 13.3. The number of anilines is 1. The summed E-state index contributed by atoms with van der Waals surface area (Å²) in [5, 5.41) is 8.50. The molecule has 0 saturated heterocycles. The van der Waals surface area contributed by atoms with E-state index in [1.54, 1.807) is 0 Å². The van der Waals surface area contributed by atoms with Crippen LogP contribution in [0.1, 0.15) is 12.0 Å². The Morgan fingerprint density at radius 2 is 1.94 bits per heavy atom. The second-order valence-corrected chi connectivity index (χ2v) is 5.42. The third kappa shape index (κ3) is 3.94. The number of benzene rings is 1. The third-order valence-electron chi connectivity index (χ3n) is 2.08. The van der Waals surface area contributed by atoms with Gasteiger partial charge in [-0.25, -0.2) is 17.2 Å². The number of hydrogen-bond donors (Lipinski definition) is 2. The van der Waals surface area contributed by atoms with Crippen LogP contribution in [0.3, 0.4) is 0 Å². The molecule has 0 unspecified atom stereocenters. The molecular weight excluding hydrogens is 252 g/mol. The van der Waals surface area contributed by atoms with Gasteiger partial charge in [-0.1, -0.05) is 0 Å². The largest absolute Gasteiger partial charge is 0.396 e. The minimum absolute atomic E-state index is 0.0330. The second kappa shape index (κ2) is 5.42. The highest BCUT2D eigenvalue weighted by Crippen LogP contribution is 2.20. The van der Waals surface area contributed by atoms with Crippen LogP contribution in [0.15, 0.2) is 12.1 Å². The highest BCUT2D eigenvalue weighted by Gasteiger charge is 2.14. The maximum absolute atomic E-state index is 13.3. The van der Waals surface area contributed by atoms with Crippen LogP contribution in [0, 0.1) is 18.6 Å². The van der Waals surface area contributed by atoms with Crippen molar-refractivity contribution in [3.63, 3.8) is 0 Å². The van der Waals surface area contributed by atoms with Gasteiger partial charge in [0.05, 0.1) is 11.4 Å². The van der Waals surface area contributed by atoms with Gasteiger partial charge in [-0.3, -0.25) is 4.72 Å². The highest BCUT2D eigenvalue weighted by molar-refractivity contribution is 7.92. The van der Waals surface area contributed by atoms with Gasteiger partial charge in [0.1, 0.15) is 11.6 Å². The Labute approximate surface area is 98.3 Å². The lowest BCUT2D eigenvalue weighted by molar-refractivity contribution is 0.295. The summed E-state index contributed by atoms with van der Waals surface area (Å²) in [7, 11) is -3.77. The Morgan fingerprint density at radius 1 is 1.29 bits per heavy atom. The van der Waals surface area contributed by atoms with Gasteiger partial charge in [0.2, 0.25) is 10.0 Å². The molecule has 1 rings (SSSR count). The molecule has 0 aromatic heterocycles. The Morgan fingerprint density at radius 3 is 2.53 bits per heavy atom. The van der Waals surface area contributed by atoms with Gasteiger partial charge in [-0.05, 0) is 25.0 Å². The molecule has 0 spiro atoms. The Kier molecular flexibility index (Phi) is 4.41. The normalized spacial score (nSPS) is 11.5. The van der Waals surface area contributed by atoms with Crippen LogP contribution in [0.2, 0.25) is 0 Å². The second-order valence-electron chi connectivity index (χ2n) is 3.58. The molecule has 17 heavy (non-hydrogen) atoms. The Balaban J connectivity index is 2.92. The zero-order valence-corrected chi connectivity index (χ0v) is 10.0. The van der Waals surface area contributed by atoms with Crippen LogP contribution in [-0.2, 0) is 10.0 Å². The van der Waals surface area contributed by atoms with E-state index in [9.17, 15) is 17.2 Å². The molecule has 4 nitrogen and oxygen atoms in total. The first-order valence-corrected chi connectivity index (χ1v) is 6.58. The van der Waals surface area contributed by atoms with E-state index in [2.05, 4.69) is 0 Å². The molecule has 0 aliphatic heterocycles. The van der Waals surface area contributed by atoms with Crippen LogP contribution >= 0.6 is 0 Å². The molecule has 0 amide bonds. The van der Waals surface area contributed by atoms with Crippen molar-refractivity contribution >= 4 is 15.7 Å². The average Bonchev–Trinajstić information content (AvgIpc) is 2.23. The zero-order valence-electron chi connectivity index (χ0n) is 9.20. The van der Waals surface area contributed by atoms with Gasteiger partial charge in [0.25, 0.3) is 0 Å².